The first-order valence-corrected chi connectivity index (χ1v) is 5.90. The second-order valence-electron chi connectivity index (χ2n) is 4.15. The van der Waals surface area contributed by atoms with Crippen molar-refractivity contribution in [1.82, 2.24) is 15.6 Å². The van der Waals surface area contributed by atoms with E-state index in [2.05, 4.69) is 27.5 Å². The van der Waals surface area contributed by atoms with Gasteiger partial charge in [-0.25, -0.2) is 0 Å². The minimum Gasteiger partial charge on any atom is -0.354 e. The van der Waals surface area contributed by atoms with E-state index in [4.69, 9.17) is 5.73 Å². The van der Waals surface area contributed by atoms with Gasteiger partial charge in [0.2, 0.25) is 5.91 Å². The number of aromatic nitrogens is 1. The van der Waals surface area contributed by atoms with Gasteiger partial charge in [0.15, 0.2) is 0 Å². The third kappa shape index (κ3) is 3.53. The third-order valence-corrected chi connectivity index (χ3v) is 2.65. The minimum atomic E-state index is -0.259. The summed E-state index contributed by atoms with van der Waals surface area (Å²) in [6.45, 7) is 0.719. The molecule has 0 aliphatic carbocycles. The van der Waals surface area contributed by atoms with Crippen LogP contribution in [-0.2, 0) is 4.79 Å². The van der Waals surface area contributed by atoms with Crippen molar-refractivity contribution in [2.75, 3.05) is 13.1 Å². The average molecular weight is 258 g/mol. The molecule has 0 saturated carbocycles. The second-order valence-corrected chi connectivity index (χ2v) is 4.15. The fourth-order valence-electron chi connectivity index (χ4n) is 1.76. The molecule has 0 bridgehead atoms. The van der Waals surface area contributed by atoms with E-state index in [-0.39, 0.29) is 24.4 Å². The first-order chi connectivity index (χ1) is 9.19. The van der Waals surface area contributed by atoms with Gasteiger partial charge in [0.1, 0.15) is 0 Å². The smallest absolute Gasteiger partial charge is 0.253 e. The number of nitrogens with zero attached hydrogens (tertiary/aromatic N) is 1. The van der Waals surface area contributed by atoms with Crippen LogP contribution >= 0.6 is 0 Å². The fraction of sp³-hybridized carbons (Fsp3) is 0.308. The van der Waals surface area contributed by atoms with Gasteiger partial charge in [0.05, 0.1) is 18.2 Å². The Morgan fingerprint density at radius 3 is 3.11 bits per heavy atom. The minimum absolute atomic E-state index is 0.0500. The van der Waals surface area contributed by atoms with Crippen molar-refractivity contribution in [3.8, 4) is 11.8 Å². The molecule has 6 nitrogen and oxygen atoms in total. The summed E-state index contributed by atoms with van der Waals surface area (Å²) in [6, 6.07) is 1.48. The van der Waals surface area contributed by atoms with Crippen LogP contribution in [0.4, 0.5) is 0 Å². The Labute approximate surface area is 110 Å². The van der Waals surface area contributed by atoms with Gasteiger partial charge in [0.25, 0.3) is 5.91 Å². The van der Waals surface area contributed by atoms with Crippen LogP contribution in [0.3, 0.4) is 0 Å². The summed E-state index contributed by atoms with van der Waals surface area (Å²) in [5.74, 6) is 5.21. The van der Waals surface area contributed by atoms with Crippen LogP contribution in [0.5, 0.6) is 0 Å². The zero-order valence-electron chi connectivity index (χ0n) is 10.3. The Hall–Kier alpha value is -2.39. The zero-order chi connectivity index (χ0) is 13.7. The number of amides is 2. The van der Waals surface area contributed by atoms with Crippen LogP contribution in [0, 0.1) is 11.8 Å². The number of hydrogen-bond acceptors (Lipinski definition) is 4. The Morgan fingerprint density at radius 2 is 2.42 bits per heavy atom. The van der Waals surface area contributed by atoms with Gasteiger partial charge in [-0.15, -0.1) is 0 Å². The normalized spacial score (nSPS) is 17.3. The summed E-state index contributed by atoms with van der Waals surface area (Å²) >= 11 is 0. The SMILES string of the molecule is NCC#Cc1cncc(C(=O)NC2CNC(=O)C2)c1. The molecule has 2 heterocycles. The number of rotatable bonds is 2. The Bertz CT molecular complexity index is 559. The summed E-state index contributed by atoms with van der Waals surface area (Å²) in [7, 11) is 0. The highest BCUT2D eigenvalue weighted by atomic mass is 16.2. The van der Waals surface area contributed by atoms with Crippen molar-refractivity contribution in [3.63, 3.8) is 0 Å². The molecule has 19 heavy (non-hydrogen) atoms. The van der Waals surface area contributed by atoms with Crippen LogP contribution in [0.2, 0.25) is 0 Å². The monoisotopic (exact) mass is 258 g/mol. The van der Waals surface area contributed by atoms with E-state index in [1.54, 1.807) is 12.3 Å². The number of carbonyl (C=O) groups is 2. The number of nitrogens with two attached hydrogens (primary N) is 1. The summed E-state index contributed by atoms with van der Waals surface area (Å²) in [4.78, 5) is 27.0. The number of nitrogens with one attached hydrogen (secondary N) is 2. The van der Waals surface area contributed by atoms with Gasteiger partial charge in [0, 0.05) is 30.9 Å². The first-order valence-electron chi connectivity index (χ1n) is 5.90. The summed E-state index contributed by atoms with van der Waals surface area (Å²) in [5, 5.41) is 5.43. The molecular weight excluding hydrogens is 244 g/mol. The maximum Gasteiger partial charge on any atom is 0.253 e. The van der Waals surface area contributed by atoms with Gasteiger partial charge < -0.3 is 16.4 Å². The topological polar surface area (TPSA) is 97.1 Å². The molecule has 98 valence electrons. The number of pyridine rings is 1. The van der Waals surface area contributed by atoms with Gasteiger partial charge in [-0.1, -0.05) is 11.8 Å². The van der Waals surface area contributed by atoms with E-state index in [9.17, 15) is 9.59 Å². The molecule has 1 aliphatic rings. The lowest BCUT2D eigenvalue weighted by Crippen LogP contribution is -2.36. The maximum atomic E-state index is 12.0. The quantitative estimate of drug-likeness (QED) is 0.593. The van der Waals surface area contributed by atoms with E-state index >= 15 is 0 Å². The Balaban J connectivity index is 2.04. The molecule has 1 atom stereocenters. The third-order valence-electron chi connectivity index (χ3n) is 2.65. The van der Waals surface area contributed by atoms with Gasteiger partial charge in [-0.2, -0.15) is 0 Å². The van der Waals surface area contributed by atoms with E-state index in [0.717, 1.165) is 0 Å². The Kier molecular flexibility index (Phi) is 4.11. The number of hydrogen-bond donors (Lipinski definition) is 3. The standard InChI is InChI=1S/C13H14N4O2/c14-3-1-2-9-4-10(7-15-6-9)13(19)17-11-5-12(18)16-8-11/h4,6-7,11H,3,5,8,14H2,(H,16,18)(H,17,19). The predicted molar refractivity (Wildman–Crippen MR) is 69.1 cm³/mol. The molecule has 0 aromatic carbocycles. The van der Waals surface area contributed by atoms with Crippen LogP contribution < -0.4 is 16.4 Å². The highest BCUT2D eigenvalue weighted by Gasteiger charge is 2.23. The maximum absolute atomic E-state index is 12.0. The van der Waals surface area contributed by atoms with Gasteiger partial charge >= 0.3 is 0 Å². The van der Waals surface area contributed by atoms with Crippen molar-refractivity contribution < 1.29 is 9.59 Å². The van der Waals surface area contributed by atoms with Crippen molar-refractivity contribution in [3.05, 3.63) is 29.6 Å². The molecule has 1 unspecified atom stereocenters. The van der Waals surface area contributed by atoms with E-state index in [1.807, 2.05) is 0 Å². The van der Waals surface area contributed by atoms with Crippen molar-refractivity contribution in [2.45, 2.75) is 12.5 Å². The van der Waals surface area contributed by atoms with Crippen LogP contribution in [0.25, 0.3) is 0 Å². The molecule has 2 rings (SSSR count). The lowest BCUT2D eigenvalue weighted by molar-refractivity contribution is -0.119. The molecule has 1 aromatic rings. The molecule has 0 spiro atoms. The van der Waals surface area contributed by atoms with Crippen molar-refractivity contribution in [2.24, 2.45) is 5.73 Å². The van der Waals surface area contributed by atoms with Crippen LogP contribution in [0.1, 0.15) is 22.3 Å². The summed E-state index contributed by atoms with van der Waals surface area (Å²) in [6.07, 6.45) is 3.35. The molecule has 1 aliphatic heterocycles. The molecule has 1 saturated heterocycles. The van der Waals surface area contributed by atoms with E-state index in [0.29, 0.717) is 24.1 Å². The Morgan fingerprint density at radius 1 is 1.58 bits per heavy atom. The average Bonchev–Trinajstić information content (AvgIpc) is 2.82. The molecule has 1 fully saturated rings. The summed E-state index contributed by atoms with van der Waals surface area (Å²) in [5.41, 5.74) is 6.34. The largest absolute Gasteiger partial charge is 0.354 e. The molecule has 4 N–H and O–H groups in total. The van der Waals surface area contributed by atoms with Gasteiger partial charge in [-0.05, 0) is 6.07 Å². The zero-order valence-corrected chi connectivity index (χ0v) is 10.3. The van der Waals surface area contributed by atoms with Gasteiger partial charge in [-0.3, -0.25) is 14.6 Å². The fourth-order valence-corrected chi connectivity index (χ4v) is 1.76. The molecule has 0 radical (unpaired) electrons. The number of carbonyl (C=O) groups excluding carboxylic acids is 2. The predicted octanol–water partition coefficient (Wildman–Crippen LogP) is -0.990. The van der Waals surface area contributed by atoms with Crippen LogP contribution in [-0.4, -0.2) is 35.9 Å². The first kappa shape index (κ1) is 13.1. The molecule has 6 heteroatoms. The molecule has 2 amide bonds. The summed E-state index contributed by atoms with van der Waals surface area (Å²) < 4.78 is 0. The van der Waals surface area contributed by atoms with E-state index < -0.39 is 0 Å². The lowest BCUT2D eigenvalue weighted by Gasteiger charge is -2.10. The lowest BCUT2D eigenvalue weighted by atomic mass is 10.1. The van der Waals surface area contributed by atoms with E-state index in [1.165, 1.54) is 6.20 Å². The second kappa shape index (κ2) is 5.98. The highest BCUT2D eigenvalue weighted by Crippen LogP contribution is 2.04. The van der Waals surface area contributed by atoms with Crippen molar-refractivity contribution >= 4 is 11.8 Å². The highest BCUT2D eigenvalue weighted by molar-refractivity contribution is 5.95. The molecular formula is C13H14N4O2. The van der Waals surface area contributed by atoms with Crippen LogP contribution in [0.15, 0.2) is 18.5 Å². The van der Waals surface area contributed by atoms with Crippen molar-refractivity contribution in [1.29, 1.82) is 0 Å². The molecule has 1 aromatic heterocycles.